The van der Waals surface area contributed by atoms with E-state index in [1.54, 1.807) is 12.5 Å². The summed E-state index contributed by atoms with van der Waals surface area (Å²) in [7, 11) is 0. The summed E-state index contributed by atoms with van der Waals surface area (Å²) >= 11 is 0. The molecule has 0 unspecified atom stereocenters. The van der Waals surface area contributed by atoms with E-state index in [4.69, 9.17) is 14.7 Å². The molecule has 0 aliphatic carbocycles. The zero-order valence-corrected chi connectivity index (χ0v) is 10.2. The fourth-order valence-electron chi connectivity index (χ4n) is 1.99. The van der Waals surface area contributed by atoms with E-state index >= 15 is 0 Å². The molecule has 0 radical (unpaired) electrons. The van der Waals surface area contributed by atoms with Gasteiger partial charge in [-0.3, -0.25) is 4.98 Å². The second-order valence-corrected chi connectivity index (χ2v) is 4.16. The first-order valence-electron chi connectivity index (χ1n) is 6.02. The molecule has 2 N–H and O–H groups in total. The van der Waals surface area contributed by atoms with Crippen LogP contribution in [0.4, 0.5) is 5.88 Å². The topological polar surface area (TPSA) is 78.1 Å². The number of nitrogens with zero attached hydrogens (tertiary/aromatic N) is 2. The normalized spacial score (nSPS) is 10.7. The van der Waals surface area contributed by atoms with Gasteiger partial charge in [-0.2, -0.15) is 0 Å². The zero-order valence-electron chi connectivity index (χ0n) is 10.2. The summed E-state index contributed by atoms with van der Waals surface area (Å²) < 4.78 is 10.4. The molecule has 3 aromatic rings. The van der Waals surface area contributed by atoms with E-state index in [0.29, 0.717) is 12.3 Å². The van der Waals surface area contributed by atoms with E-state index in [0.717, 1.165) is 29.1 Å². The Morgan fingerprint density at radius 3 is 2.79 bits per heavy atom. The second kappa shape index (κ2) is 4.97. The summed E-state index contributed by atoms with van der Waals surface area (Å²) in [5, 5.41) is 4.01. The highest BCUT2D eigenvalue weighted by molar-refractivity contribution is 5.71. The molecule has 5 nitrogen and oxygen atoms in total. The van der Waals surface area contributed by atoms with Gasteiger partial charge in [0, 0.05) is 19.0 Å². The molecule has 0 saturated carbocycles. The molecule has 19 heavy (non-hydrogen) atoms. The number of pyridine rings is 1. The van der Waals surface area contributed by atoms with Crippen molar-refractivity contribution >= 4 is 5.88 Å². The van der Waals surface area contributed by atoms with Gasteiger partial charge in [0.2, 0.25) is 5.88 Å². The highest BCUT2D eigenvalue weighted by Crippen LogP contribution is 2.28. The summed E-state index contributed by atoms with van der Waals surface area (Å²) in [6.45, 7) is 0. The first kappa shape index (κ1) is 11.5. The maximum Gasteiger partial charge on any atom is 0.231 e. The Kier molecular flexibility index (Phi) is 3.02. The number of aromatic nitrogens is 2. The van der Waals surface area contributed by atoms with Crippen molar-refractivity contribution in [1.29, 1.82) is 0 Å². The summed E-state index contributed by atoms with van der Waals surface area (Å²) in [5.74, 6) is 1.21. The molecule has 0 amide bonds. The van der Waals surface area contributed by atoms with E-state index in [1.165, 1.54) is 0 Å². The molecule has 0 bridgehead atoms. The van der Waals surface area contributed by atoms with Crippen molar-refractivity contribution in [3.63, 3.8) is 0 Å². The zero-order chi connectivity index (χ0) is 13.1. The summed E-state index contributed by atoms with van der Waals surface area (Å²) in [6.07, 6.45) is 4.82. The van der Waals surface area contributed by atoms with Crippen LogP contribution in [0.2, 0.25) is 0 Å². The van der Waals surface area contributed by atoms with Crippen molar-refractivity contribution < 1.29 is 8.94 Å². The predicted octanol–water partition coefficient (Wildman–Crippen LogP) is 2.70. The predicted molar refractivity (Wildman–Crippen MR) is 70.3 cm³/mol. The average Bonchev–Trinajstić information content (AvgIpc) is 3.07. The third-order valence-corrected chi connectivity index (χ3v) is 2.90. The molecule has 5 heteroatoms. The molecular weight excluding hydrogens is 242 g/mol. The average molecular weight is 255 g/mol. The van der Waals surface area contributed by atoms with E-state index < -0.39 is 0 Å². The molecule has 0 aliphatic heterocycles. The highest BCUT2D eigenvalue weighted by Gasteiger charge is 2.16. The van der Waals surface area contributed by atoms with Gasteiger partial charge in [0.05, 0.1) is 23.2 Å². The Morgan fingerprint density at radius 2 is 2.05 bits per heavy atom. The molecule has 3 heterocycles. The van der Waals surface area contributed by atoms with Gasteiger partial charge in [-0.1, -0.05) is 11.2 Å². The lowest BCUT2D eigenvalue weighted by Gasteiger charge is -2.00. The first-order valence-corrected chi connectivity index (χ1v) is 6.02. The molecule has 0 aliphatic rings. The van der Waals surface area contributed by atoms with Crippen LogP contribution < -0.4 is 5.73 Å². The smallest absolute Gasteiger partial charge is 0.231 e. The van der Waals surface area contributed by atoms with Crippen LogP contribution >= 0.6 is 0 Å². The van der Waals surface area contributed by atoms with Crippen molar-refractivity contribution in [2.24, 2.45) is 0 Å². The second-order valence-electron chi connectivity index (χ2n) is 4.16. The molecule has 96 valence electrons. The Labute approximate surface area is 110 Å². The number of nitrogen functional groups attached to an aromatic ring is 1. The lowest BCUT2D eigenvalue weighted by molar-refractivity contribution is 0.425. The lowest BCUT2D eigenvalue weighted by Crippen LogP contribution is -1.95. The Bertz CT molecular complexity index is 645. The summed E-state index contributed by atoms with van der Waals surface area (Å²) in [4.78, 5) is 4.28. The van der Waals surface area contributed by atoms with Gasteiger partial charge in [-0.15, -0.1) is 0 Å². The fraction of sp³-hybridized carbons (Fsp3) is 0.143. The van der Waals surface area contributed by atoms with Crippen LogP contribution in [0.5, 0.6) is 0 Å². The minimum absolute atomic E-state index is 0.299. The molecule has 3 aromatic heterocycles. The van der Waals surface area contributed by atoms with Crippen molar-refractivity contribution in [3.05, 3.63) is 54.2 Å². The third kappa shape index (κ3) is 2.35. The number of hydrogen-bond acceptors (Lipinski definition) is 5. The maximum atomic E-state index is 5.83. The van der Waals surface area contributed by atoms with Crippen molar-refractivity contribution in [2.75, 3.05) is 5.73 Å². The van der Waals surface area contributed by atoms with Crippen LogP contribution in [0, 0.1) is 0 Å². The Morgan fingerprint density at radius 1 is 1.11 bits per heavy atom. The number of furan rings is 1. The molecule has 3 rings (SSSR count). The molecule has 0 spiro atoms. The number of anilines is 1. The van der Waals surface area contributed by atoms with Crippen LogP contribution in [-0.2, 0) is 12.8 Å². The minimum Gasteiger partial charge on any atom is -0.469 e. The van der Waals surface area contributed by atoms with Crippen LogP contribution in [0.1, 0.15) is 11.5 Å². The van der Waals surface area contributed by atoms with Gasteiger partial charge < -0.3 is 14.7 Å². The standard InChI is InChI=1S/C14H13N3O2/c15-14-13(11-5-1-2-8-16-11)12(17-19-14)7-6-10-4-3-9-18-10/h1-5,8-9H,6-7,15H2. The van der Waals surface area contributed by atoms with Gasteiger partial charge in [-0.05, 0) is 24.3 Å². The van der Waals surface area contributed by atoms with Crippen molar-refractivity contribution in [2.45, 2.75) is 12.8 Å². The Balaban J connectivity index is 1.87. The van der Waals surface area contributed by atoms with Crippen LogP contribution in [-0.4, -0.2) is 10.1 Å². The van der Waals surface area contributed by atoms with E-state index in [1.807, 2.05) is 30.3 Å². The van der Waals surface area contributed by atoms with Crippen LogP contribution in [0.15, 0.2) is 51.7 Å². The summed E-state index contributed by atoms with van der Waals surface area (Å²) in [6, 6.07) is 9.45. The van der Waals surface area contributed by atoms with Crippen LogP contribution in [0.3, 0.4) is 0 Å². The largest absolute Gasteiger partial charge is 0.469 e. The number of rotatable bonds is 4. The molecular formula is C14H13N3O2. The third-order valence-electron chi connectivity index (χ3n) is 2.90. The van der Waals surface area contributed by atoms with E-state index in [2.05, 4.69) is 10.1 Å². The van der Waals surface area contributed by atoms with Gasteiger partial charge >= 0.3 is 0 Å². The molecule has 0 fully saturated rings. The first-order chi connectivity index (χ1) is 9.34. The monoisotopic (exact) mass is 255 g/mol. The Hall–Kier alpha value is -2.56. The maximum absolute atomic E-state index is 5.83. The van der Waals surface area contributed by atoms with Crippen molar-refractivity contribution in [1.82, 2.24) is 10.1 Å². The SMILES string of the molecule is Nc1onc(CCc2ccco2)c1-c1ccccn1. The van der Waals surface area contributed by atoms with E-state index in [9.17, 15) is 0 Å². The summed E-state index contributed by atoms with van der Waals surface area (Å²) in [5.41, 5.74) is 8.17. The highest BCUT2D eigenvalue weighted by atomic mass is 16.5. The quantitative estimate of drug-likeness (QED) is 0.775. The molecule has 0 aromatic carbocycles. The van der Waals surface area contributed by atoms with E-state index in [-0.39, 0.29) is 0 Å². The lowest BCUT2D eigenvalue weighted by atomic mass is 10.1. The minimum atomic E-state index is 0.299. The number of aryl methyl sites for hydroxylation is 2. The van der Waals surface area contributed by atoms with Crippen molar-refractivity contribution in [3.8, 4) is 11.3 Å². The fourth-order valence-corrected chi connectivity index (χ4v) is 1.99. The van der Waals surface area contributed by atoms with Gasteiger partial charge in [-0.25, -0.2) is 0 Å². The number of hydrogen-bond donors (Lipinski definition) is 1. The van der Waals surface area contributed by atoms with Crippen LogP contribution in [0.25, 0.3) is 11.3 Å². The molecule has 0 atom stereocenters. The number of nitrogens with two attached hydrogens (primary N) is 1. The van der Waals surface area contributed by atoms with Gasteiger partial charge in [0.15, 0.2) is 0 Å². The molecule has 0 saturated heterocycles. The van der Waals surface area contributed by atoms with Gasteiger partial charge in [0.1, 0.15) is 5.76 Å². The van der Waals surface area contributed by atoms with Gasteiger partial charge in [0.25, 0.3) is 0 Å².